The summed E-state index contributed by atoms with van der Waals surface area (Å²) in [5, 5.41) is 1.90. The third-order valence-corrected chi connectivity index (χ3v) is 5.37. The van der Waals surface area contributed by atoms with E-state index in [1.54, 1.807) is 19.1 Å². The second-order valence-electron chi connectivity index (χ2n) is 4.88. The van der Waals surface area contributed by atoms with Crippen molar-refractivity contribution in [2.24, 2.45) is 0 Å². The first-order chi connectivity index (χ1) is 8.47. The van der Waals surface area contributed by atoms with E-state index in [9.17, 15) is 13.2 Å². The molecular formula is C13H23NO3S. The summed E-state index contributed by atoms with van der Waals surface area (Å²) in [5.74, 6) is -0.422. The highest BCUT2D eigenvalue weighted by molar-refractivity contribution is 7.92. The lowest BCUT2D eigenvalue weighted by molar-refractivity contribution is -0.121. The lowest BCUT2D eigenvalue weighted by atomic mass is 9.95. The largest absolute Gasteiger partial charge is 0.352 e. The lowest BCUT2D eigenvalue weighted by Gasteiger charge is -2.24. The van der Waals surface area contributed by atoms with Gasteiger partial charge < -0.3 is 5.32 Å². The topological polar surface area (TPSA) is 63.2 Å². The highest BCUT2D eigenvalue weighted by atomic mass is 32.2. The minimum absolute atomic E-state index is 0.0667. The van der Waals surface area contributed by atoms with Crippen LogP contribution in [0.5, 0.6) is 0 Å². The van der Waals surface area contributed by atoms with Crippen LogP contribution in [0, 0.1) is 0 Å². The molecule has 5 heteroatoms. The fourth-order valence-electron chi connectivity index (χ4n) is 2.10. The Hall–Kier alpha value is -0.840. The zero-order chi connectivity index (χ0) is 13.6. The summed E-state index contributed by atoms with van der Waals surface area (Å²) in [6.07, 6.45) is 8.63. The van der Waals surface area contributed by atoms with E-state index in [0.29, 0.717) is 0 Å². The molecule has 0 aromatic rings. The predicted octanol–water partition coefficient (Wildman–Crippen LogP) is 1.81. The Balaban J connectivity index is 2.54. The van der Waals surface area contributed by atoms with Crippen molar-refractivity contribution in [2.75, 3.05) is 5.75 Å². The Morgan fingerprint density at radius 1 is 1.33 bits per heavy atom. The molecule has 1 aliphatic carbocycles. The average Bonchev–Trinajstić information content (AvgIpc) is 2.36. The van der Waals surface area contributed by atoms with E-state index in [-0.39, 0.29) is 17.7 Å². The van der Waals surface area contributed by atoms with Gasteiger partial charge in [0.2, 0.25) is 5.91 Å². The second-order valence-corrected chi connectivity index (χ2v) is 7.25. The highest BCUT2D eigenvalue weighted by Crippen LogP contribution is 2.17. The number of nitrogens with one attached hydrogen (secondary N) is 1. The van der Waals surface area contributed by atoms with Gasteiger partial charge in [0.05, 0.1) is 5.75 Å². The van der Waals surface area contributed by atoms with E-state index >= 15 is 0 Å². The van der Waals surface area contributed by atoms with E-state index in [4.69, 9.17) is 0 Å². The number of allylic oxidation sites excluding steroid dienone is 1. The fourth-order valence-corrected chi connectivity index (χ4v) is 3.25. The van der Waals surface area contributed by atoms with Crippen molar-refractivity contribution >= 4 is 15.7 Å². The van der Waals surface area contributed by atoms with Crippen LogP contribution in [0.3, 0.4) is 0 Å². The first kappa shape index (κ1) is 15.2. The van der Waals surface area contributed by atoms with Crippen molar-refractivity contribution < 1.29 is 13.2 Å². The molecule has 0 aromatic carbocycles. The number of carbonyl (C=O) groups excluding carboxylic acids is 1. The van der Waals surface area contributed by atoms with Gasteiger partial charge >= 0.3 is 0 Å². The number of carbonyl (C=O) groups is 1. The van der Waals surface area contributed by atoms with Gasteiger partial charge in [-0.05, 0) is 26.7 Å². The third-order valence-electron chi connectivity index (χ3n) is 3.42. The Kier molecular flexibility index (Phi) is 5.85. The normalized spacial score (nSPS) is 19.9. The van der Waals surface area contributed by atoms with Gasteiger partial charge in [0.15, 0.2) is 9.84 Å². The minimum atomic E-state index is -3.37. The Morgan fingerprint density at radius 2 is 1.94 bits per heavy atom. The number of amides is 1. The van der Waals surface area contributed by atoms with Crippen molar-refractivity contribution in [2.45, 2.75) is 57.2 Å². The highest BCUT2D eigenvalue weighted by Gasteiger charge is 2.28. The van der Waals surface area contributed by atoms with Crippen LogP contribution >= 0.6 is 0 Å². The average molecular weight is 273 g/mol. The van der Waals surface area contributed by atoms with Gasteiger partial charge in [-0.25, -0.2) is 8.42 Å². The van der Waals surface area contributed by atoms with Gasteiger partial charge in [0.25, 0.3) is 0 Å². The Morgan fingerprint density at radius 3 is 2.50 bits per heavy atom. The van der Waals surface area contributed by atoms with Gasteiger partial charge in [-0.2, -0.15) is 0 Å². The van der Waals surface area contributed by atoms with Gasteiger partial charge in [0.1, 0.15) is 5.25 Å². The summed E-state index contributed by atoms with van der Waals surface area (Å²) in [6.45, 7) is 3.24. The maximum Gasteiger partial charge on any atom is 0.238 e. The Labute approximate surface area is 110 Å². The molecule has 0 heterocycles. The summed E-state index contributed by atoms with van der Waals surface area (Å²) < 4.78 is 23.7. The number of sulfone groups is 1. The minimum Gasteiger partial charge on any atom is -0.352 e. The number of rotatable bonds is 5. The molecule has 0 bridgehead atoms. The van der Waals surface area contributed by atoms with Crippen molar-refractivity contribution in [3.05, 3.63) is 12.2 Å². The molecule has 1 fully saturated rings. The first-order valence-corrected chi connectivity index (χ1v) is 8.32. The molecule has 4 nitrogen and oxygen atoms in total. The molecular weight excluding hydrogens is 250 g/mol. The summed E-state index contributed by atoms with van der Waals surface area (Å²) in [5.41, 5.74) is 0. The Bertz CT molecular complexity index is 394. The SMILES string of the molecule is CC=CCS(=O)(=O)C(C)C(=O)NC1CCCCC1. The van der Waals surface area contributed by atoms with Crippen LogP contribution in [-0.2, 0) is 14.6 Å². The molecule has 1 rings (SSSR count). The van der Waals surface area contributed by atoms with E-state index in [2.05, 4.69) is 5.32 Å². The van der Waals surface area contributed by atoms with Crippen LogP contribution in [0.4, 0.5) is 0 Å². The molecule has 1 saturated carbocycles. The zero-order valence-electron chi connectivity index (χ0n) is 11.2. The molecule has 1 unspecified atom stereocenters. The first-order valence-electron chi connectivity index (χ1n) is 6.60. The van der Waals surface area contributed by atoms with Gasteiger partial charge in [-0.3, -0.25) is 4.79 Å². The molecule has 1 N–H and O–H groups in total. The van der Waals surface area contributed by atoms with Gasteiger partial charge in [-0.1, -0.05) is 31.4 Å². The van der Waals surface area contributed by atoms with E-state index in [1.807, 2.05) is 0 Å². The maximum absolute atomic E-state index is 11.9. The van der Waals surface area contributed by atoms with Crippen LogP contribution in [0.1, 0.15) is 46.0 Å². The lowest BCUT2D eigenvalue weighted by Crippen LogP contribution is -2.44. The van der Waals surface area contributed by atoms with Crippen molar-refractivity contribution in [3.8, 4) is 0 Å². The van der Waals surface area contributed by atoms with Crippen LogP contribution in [0.2, 0.25) is 0 Å². The van der Waals surface area contributed by atoms with Crippen LogP contribution < -0.4 is 5.32 Å². The van der Waals surface area contributed by atoms with Gasteiger partial charge in [0, 0.05) is 6.04 Å². The monoisotopic (exact) mass is 273 g/mol. The molecule has 18 heavy (non-hydrogen) atoms. The molecule has 1 atom stereocenters. The summed E-state index contributed by atoms with van der Waals surface area (Å²) in [7, 11) is -3.37. The van der Waals surface area contributed by atoms with Gasteiger partial charge in [-0.15, -0.1) is 0 Å². The molecule has 104 valence electrons. The van der Waals surface area contributed by atoms with Crippen LogP contribution in [0.15, 0.2) is 12.2 Å². The molecule has 0 aromatic heterocycles. The van der Waals surface area contributed by atoms with E-state index in [1.165, 1.54) is 13.3 Å². The third kappa shape index (κ3) is 4.44. The van der Waals surface area contributed by atoms with E-state index in [0.717, 1.165) is 25.7 Å². The summed E-state index contributed by atoms with van der Waals surface area (Å²) in [6, 6.07) is 0.158. The van der Waals surface area contributed by atoms with Crippen LogP contribution in [0.25, 0.3) is 0 Å². The molecule has 1 aliphatic rings. The smallest absolute Gasteiger partial charge is 0.238 e. The quantitative estimate of drug-likeness (QED) is 0.777. The van der Waals surface area contributed by atoms with Crippen molar-refractivity contribution in [3.63, 3.8) is 0 Å². The standard InChI is InChI=1S/C13H23NO3S/c1-3-4-10-18(16,17)11(2)13(15)14-12-8-6-5-7-9-12/h3-4,11-12H,5-10H2,1-2H3,(H,14,15). The maximum atomic E-state index is 11.9. The van der Waals surface area contributed by atoms with Crippen LogP contribution in [-0.4, -0.2) is 31.4 Å². The molecule has 0 saturated heterocycles. The molecule has 0 spiro atoms. The number of hydrogen-bond acceptors (Lipinski definition) is 3. The number of hydrogen-bond donors (Lipinski definition) is 1. The summed E-state index contributed by atoms with van der Waals surface area (Å²) >= 11 is 0. The fraction of sp³-hybridized carbons (Fsp3) is 0.769. The van der Waals surface area contributed by atoms with E-state index < -0.39 is 15.1 Å². The summed E-state index contributed by atoms with van der Waals surface area (Å²) in [4.78, 5) is 11.9. The molecule has 1 amide bonds. The predicted molar refractivity (Wildman–Crippen MR) is 73.1 cm³/mol. The second kappa shape index (κ2) is 6.92. The van der Waals surface area contributed by atoms with Crippen molar-refractivity contribution in [1.29, 1.82) is 0 Å². The zero-order valence-corrected chi connectivity index (χ0v) is 12.0. The molecule has 0 aliphatic heterocycles. The van der Waals surface area contributed by atoms with Crippen molar-refractivity contribution in [1.82, 2.24) is 5.32 Å². The molecule has 0 radical (unpaired) electrons.